The molecule has 3 rings (SSSR count). The first-order valence-electron chi connectivity index (χ1n) is 8.17. The van der Waals surface area contributed by atoms with Crippen LogP contribution >= 0.6 is 0 Å². The minimum Gasteiger partial charge on any atom is -0.381 e. The zero-order valence-corrected chi connectivity index (χ0v) is 13.2. The number of rotatable bonds is 6. The van der Waals surface area contributed by atoms with Crippen LogP contribution in [0.4, 0.5) is 11.4 Å². The molecule has 2 aromatic rings. The Bertz CT molecular complexity index is 622. The highest BCUT2D eigenvalue weighted by molar-refractivity contribution is 5.80. The van der Waals surface area contributed by atoms with E-state index in [-0.39, 0.29) is 0 Å². The zero-order chi connectivity index (χ0) is 15.9. The lowest BCUT2D eigenvalue weighted by Crippen LogP contribution is -2.38. The van der Waals surface area contributed by atoms with E-state index in [0.717, 1.165) is 50.3 Å². The molecule has 1 saturated heterocycles. The van der Waals surface area contributed by atoms with Gasteiger partial charge in [-0.05, 0) is 30.5 Å². The Hall–Kier alpha value is -2.33. The molecule has 2 aromatic carbocycles. The molecule has 0 spiro atoms. The fourth-order valence-corrected chi connectivity index (χ4v) is 3.10. The maximum atomic E-state index is 10.7. The molecule has 1 amide bonds. The van der Waals surface area contributed by atoms with Gasteiger partial charge in [0.15, 0.2) is 0 Å². The van der Waals surface area contributed by atoms with Gasteiger partial charge in [-0.3, -0.25) is 9.69 Å². The van der Waals surface area contributed by atoms with Gasteiger partial charge in [0.2, 0.25) is 6.41 Å². The minimum atomic E-state index is 0.455. The average molecular weight is 309 g/mol. The molecule has 120 valence electrons. The fourth-order valence-electron chi connectivity index (χ4n) is 3.10. The van der Waals surface area contributed by atoms with Gasteiger partial charge in [0, 0.05) is 25.7 Å². The monoisotopic (exact) mass is 309 g/mol. The lowest BCUT2D eigenvalue weighted by atomic mass is 10.0. The molecule has 0 atom stereocenters. The maximum absolute atomic E-state index is 10.7. The van der Waals surface area contributed by atoms with E-state index in [4.69, 9.17) is 0 Å². The molecule has 0 aliphatic carbocycles. The lowest BCUT2D eigenvalue weighted by Gasteiger charge is -2.33. The molecule has 0 saturated carbocycles. The lowest BCUT2D eigenvalue weighted by molar-refractivity contribution is -0.105. The van der Waals surface area contributed by atoms with E-state index in [0.29, 0.717) is 6.04 Å². The first-order valence-corrected chi connectivity index (χ1v) is 8.17. The smallest absolute Gasteiger partial charge is 0.211 e. The Labute approximate surface area is 137 Å². The summed E-state index contributed by atoms with van der Waals surface area (Å²) in [7, 11) is 0. The van der Waals surface area contributed by atoms with Crippen molar-refractivity contribution >= 4 is 17.8 Å². The van der Waals surface area contributed by atoms with Gasteiger partial charge in [0.25, 0.3) is 0 Å². The summed E-state index contributed by atoms with van der Waals surface area (Å²) >= 11 is 0. The van der Waals surface area contributed by atoms with Crippen LogP contribution in [-0.4, -0.2) is 30.4 Å². The highest BCUT2D eigenvalue weighted by atomic mass is 16.1. The van der Waals surface area contributed by atoms with E-state index in [9.17, 15) is 4.79 Å². The predicted molar refractivity (Wildman–Crippen MR) is 94.5 cm³/mol. The third-order valence-electron chi connectivity index (χ3n) is 4.34. The number of piperidine rings is 1. The molecule has 23 heavy (non-hydrogen) atoms. The standard InChI is InChI=1S/C19H23N3O/c23-15-20-18-8-4-5-9-19(18)21-17-10-12-22(13-11-17)14-16-6-2-1-3-7-16/h1-9,15,17,21H,10-14H2,(H,20,23). The second kappa shape index (κ2) is 7.79. The number of nitrogens with zero attached hydrogens (tertiary/aromatic N) is 1. The van der Waals surface area contributed by atoms with Gasteiger partial charge in [-0.15, -0.1) is 0 Å². The Balaban J connectivity index is 1.52. The second-order valence-corrected chi connectivity index (χ2v) is 5.99. The van der Waals surface area contributed by atoms with Crippen LogP contribution in [0.25, 0.3) is 0 Å². The summed E-state index contributed by atoms with van der Waals surface area (Å²) in [5, 5.41) is 6.32. The molecule has 0 unspecified atom stereocenters. The largest absolute Gasteiger partial charge is 0.381 e. The van der Waals surface area contributed by atoms with Gasteiger partial charge >= 0.3 is 0 Å². The molecule has 0 bridgehead atoms. The van der Waals surface area contributed by atoms with E-state index >= 15 is 0 Å². The van der Waals surface area contributed by atoms with Crippen molar-refractivity contribution < 1.29 is 4.79 Å². The van der Waals surface area contributed by atoms with Crippen molar-refractivity contribution in [1.82, 2.24) is 4.90 Å². The Morgan fingerprint density at radius 3 is 2.30 bits per heavy atom. The quantitative estimate of drug-likeness (QED) is 0.805. The number of hydrogen-bond donors (Lipinski definition) is 2. The van der Waals surface area contributed by atoms with E-state index in [1.165, 1.54) is 5.56 Å². The van der Waals surface area contributed by atoms with Crippen LogP contribution in [-0.2, 0) is 11.3 Å². The van der Waals surface area contributed by atoms with Crippen molar-refractivity contribution in [3.05, 3.63) is 60.2 Å². The molecule has 1 heterocycles. The predicted octanol–water partition coefficient (Wildman–Crippen LogP) is 3.33. The van der Waals surface area contributed by atoms with Crippen molar-refractivity contribution in [2.75, 3.05) is 23.7 Å². The number of carbonyl (C=O) groups excluding carboxylic acids is 1. The number of anilines is 2. The molecule has 0 radical (unpaired) electrons. The van der Waals surface area contributed by atoms with Crippen molar-refractivity contribution in [2.24, 2.45) is 0 Å². The number of likely N-dealkylation sites (tertiary alicyclic amines) is 1. The molecular formula is C19H23N3O. The normalized spacial score (nSPS) is 16.0. The molecule has 4 heteroatoms. The van der Waals surface area contributed by atoms with Crippen molar-refractivity contribution in [1.29, 1.82) is 0 Å². The molecule has 1 fully saturated rings. The molecule has 1 aliphatic rings. The van der Waals surface area contributed by atoms with E-state index in [1.54, 1.807) is 0 Å². The third kappa shape index (κ3) is 4.33. The summed E-state index contributed by atoms with van der Waals surface area (Å²) in [5.74, 6) is 0. The summed E-state index contributed by atoms with van der Waals surface area (Å²) in [6.45, 7) is 3.21. The van der Waals surface area contributed by atoms with Crippen molar-refractivity contribution in [3.63, 3.8) is 0 Å². The van der Waals surface area contributed by atoms with Crippen LogP contribution in [0, 0.1) is 0 Å². The Kier molecular flexibility index (Phi) is 5.27. The second-order valence-electron chi connectivity index (χ2n) is 5.99. The van der Waals surface area contributed by atoms with Gasteiger partial charge in [0.05, 0.1) is 11.4 Å². The number of amides is 1. The number of nitrogens with one attached hydrogen (secondary N) is 2. The first-order chi connectivity index (χ1) is 11.3. The molecule has 1 aliphatic heterocycles. The minimum absolute atomic E-state index is 0.455. The van der Waals surface area contributed by atoms with Gasteiger partial charge in [-0.1, -0.05) is 42.5 Å². The van der Waals surface area contributed by atoms with Crippen LogP contribution in [0.15, 0.2) is 54.6 Å². The SMILES string of the molecule is O=CNc1ccccc1NC1CCN(Cc2ccccc2)CC1. The van der Waals surface area contributed by atoms with Crippen molar-refractivity contribution in [3.8, 4) is 0 Å². The first kappa shape index (κ1) is 15.6. The maximum Gasteiger partial charge on any atom is 0.211 e. The highest BCUT2D eigenvalue weighted by Gasteiger charge is 2.19. The van der Waals surface area contributed by atoms with Gasteiger partial charge in [0.1, 0.15) is 0 Å². The van der Waals surface area contributed by atoms with Crippen LogP contribution in [0.5, 0.6) is 0 Å². The van der Waals surface area contributed by atoms with E-state index in [1.807, 2.05) is 24.3 Å². The summed E-state index contributed by atoms with van der Waals surface area (Å²) in [6.07, 6.45) is 2.95. The van der Waals surface area contributed by atoms with Gasteiger partial charge in [-0.2, -0.15) is 0 Å². The Morgan fingerprint density at radius 2 is 1.61 bits per heavy atom. The number of carbonyl (C=O) groups is 1. The number of hydrogen-bond acceptors (Lipinski definition) is 3. The van der Waals surface area contributed by atoms with Gasteiger partial charge in [-0.25, -0.2) is 0 Å². The zero-order valence-electron chi connectivity index (χ0n) is 13.2. The van der Waals surface area contributed by atoms with Crippen LogP contribution in [0.2, 0.25) is 0 Å². The van der Waals surface area contributed by atoms with E-state index in [2.05, 4.69) is 45.9 Å². The number of benzene rings is 2. The summed E-state index contributed by atoms with van der Waals surface area (Å²) < 4.78 is 0. The molecule has 2 N–H and O–H groups in total. The van der Waals surface area contributed by atoms with Gasteiger partial charge < -0.3 is 10.6 Å². The van der Waals surface area contributed by atoms with E-state index < -0.39 is 0 Å². The summed E-state index contributed by atoms with van der Waals surface area (Å²) in [4.78, 5) is 13.2. The topological polar surface area (TPSA) is 44.4 Å². The summed E-state index contributed by atoms with van der Waals surface area (Å²) in [6, 6.07) is 18.9. The van der Waals surface area contributed by atoms with Crippen molar-refractivity contribution in [2.45, 2.75) is 25.4 Å². The molecule has 0 aromatic heterocycles. The third-order valence-corrected chi connectivity index (χ3v) is 4.34. The highest BCUT2D eigenvalue weighted by Crippen LogP contribution is 2.24. The van der Waals surface area contributed by atoms with Crippen LogP contribution < -0.4 is 10.6 Å². The van der Waals surface area contributed by atoms with Crippen LogP contribution in [0.1, 0.15) is 18.4 Å². The number of para-hydroxylation sites is 2. The average Bonchev–Trinajstić information content (AvgIpc) is 2.60. The Morgan fingerprint density at radius 1 is 0.957 bits per heavy atom. The molecule has 4 nitrogen and oxygen atoms in total. The molecular weight excluding hydrogens is 286 g/mol. The fraction of sp³-hybridized carbons (Fsp3) is 0.316. The van der Waals surface area contributed by atoms with Crippen LogP contribution in [0.3, 0.4) is 0 Å². The summed E-state index contributed by atoms with van der Waals surface area (Å²) in [5.41, 5.74) is 3.22.